The van der Waals surface area contributed by atoms with Gasteiger partial charge < -0.3 is 50.3 Å². The number of benzene rings is 3. The van der Waals surface area contributed by atoms with Crippen LogP contribution in [0.1, 0.15) is 89.8 Å². The van der Waals surface area contributed by atoms with E-state index >= 15 is 8.78 Å². The van der Waals surface area contributed by atoms with Crippen molar-refractivity contribution in [3.05, 3.63) is 82.5 Å². The van der Waals surface area contributed by atoms with E-state index in [2.05, 4.69) is 41.6 Å². The Morgan fingerprint density at radius 1 is 1.00 bits per heavy atom. The number of ether oxygens (including phenoxy) is 2. The van der Waals surface area contributed by atoms with Crippen molar-refractivity contribution in [1.29, 1.82) is 0 Å². The summed E-state index contributed by atoms with van der Waals surface area (Å²) in [5.41, 5.74) is -0.151. The molecule has 396 valence electrons. The average Bonchev–Trinajstić information content (AvgIpc) is 3.92. The summed E-state index contributed by atoms with van der Waals surface area (Å²) in [7, 11) is 0. The van der Waals surface area contributed by atoms with E-state index in [1.807, 2.05) is 39.8 Å². The number of halogens is 3. The molecule has 5 N–H and O–H groups in total. The van der Waals surface area contributed by atoms with E-state index in [4.69, 9.17) is 32.5 Å². The van der Waals surface area contributed by atoms with Crippen LogP contribution in [-0.2, 0) is 19.1 Å². The normalized spacial score (nSPS) is 22.5. The Labute approximate surface area is 439 Å². The number of β-amino-alcohol motifs (C(OH)–C–C–N with tert-alkyl or cyclic N) is 1. The van der Waals surface area contributed by atoms with Gasteiger partial charge in [-0.1, -0.05) is 56.5 Å². The predicted molar refractivity (Wildman–Crippen MR) is 280 cm³/mol. The van der Waals surface area contributed by atoms with Gasteiger partial charge in [0.25, 0.3) is 0 Å². The van der Waals surface area contributed by atoms with Gasteiger partial charge in [-0.15, -0.1) is 6.42 Å². The second-order valence-corrected chi connectivity index (χ2v) is 22.8. The molecule has 19 heteroatoms. The van der Waals surface area contributed by atoms with Crippen LogP contribution in [-0.4, -0.2) is 142 Å². The second-order valence-electron chi connectivity index (χ2n) is 22.3. The first-order chi connectivity index (χ1) is 35.8. The summed E-state index contributed by atoms with van der Waals surface area (Å²) in [6.07, 6.45) is 11.5. The number of aromatic hydroxyl groups is 1. The molecule has 6 heterocycles. The number of fused-ring (bicyclic) bond motifs is 4. The van der Waals surface area contributed by atoms with E-state index in [-0.39, 0.29) is 88.7 Å². The van der Waals surface area contributed by atoms with E-state index in [0.29, 0.717) is 54.2 Å². The Hall–Kier alpha value is -6.23. The van der Waals surface area contributed by atoms with Crippen molar-refractivity contribution in [2.24, 2.45) is 10.8 Å². The Morgan fingerprint density at radius 2 is 1.72 bits per heavy atom. The molecular weight excluding hydrogens is 984 g/mol. The molecular formula is C56H64ClF2N9O7. The number of pyridine rings is 1. The molecule has 1 saturated carbocycles. The number of phenolic OH excluding ortho intramolecular Hbond substituents is 1. The van der Waals surface area contributed by atoms with Crippen LogP contribution < -0.4 is 25.6 Å². The quantitative estimate of drug-likeness (QED) is 0.0723. The third-order valence-electron chi connectivity index (χ3n) is 15.6. The number of terminal acetylenes is 1. The van der Waals surface area contributed by atoms with Gasteiger partial charge in [-0.05, 0) is 92.1 Å². The van der Waals surface area contributed by atoms with Crippen LogP contribution in [0.2, 0.25) is 5.02 Å². The Kier molecular flexibility index (Phi) is 14.7. The number of carbonyl (C=O) groups is 3. The van der Waals surface area contributed by atoms with Crippen LogP contribution in [0.3, 0.4) is 0 Å². The highest BCUT2D eigenvalue weighted by atomic mass is 35.5. The lowest BCUT2D eigenvalue weighted by atomic mass is 9.85. The first-order valence-electron chi connectivity index (χ1n) is 26.0. The van der Waals surface area contributed by atoms with Gasteiger partial charge in [-0.25, -0.2) is 8.78 Å². The summed E-state index contributed by atoms with van der Waals surface area (Å²) in [6.45, 7) is 10.9. The Morgan fingerprint density at radius 3 is 2.40 bits per heavy atom. The van der Waals surface area contributed by atoms with Crippen molar-refractivity contribution in [2.75, 3.05) is 57.4 Å². The summed E-state index contributed by atoms with van der Waals surface area (Å²) < 4.78 is 44.8. The van der Waals surface area contributed by atoms with Crippen LogP contribution in [0.4, 0.5) is 14.6 Å². The lowest BCUT2D eigenvalue weighted by Gasteiger charge is -2.36. The van der Waals surface area contributed by atoms with Gasteiger partial charge >= 0.3 is 6.01 Å². The van der Waals surface area contributed by atoms with E-state index in [9.17, 15) is 24.6 Å². The monoisotopic (exact) mass is 1050 g/mol. The molecule has 2 aromatic heterocycles. The van der Waals surface area contributed by atoms with Gasteiger partial charge in [-0.3, -0.25) is 19.4 Å². The summed E-state index contributed by atoms with van der Waals surface area (Å²) in [4.78, 5) is 61.2. The first kappa shape index (κ1) is 52.2. The highest BCUT2D eigenvalue weighted by molar-refractivity contribution is 6.30. The molecule has 2 unspecified atom stereocenters. The molecule has 4 aliphatic heterocycles. The number of aliphatic hydroxyl groups is 1. The Balaban J connectivity index is 0.767. The maximum absolute atomic E-state index is 17.2. The minimum Gasteiger partial charge on any atom is -0.508 e. The molecule has 16 nitrogen and oxygen atoms in total. The molecule has 5 fully saturated rings. The standard InChI is InChI=1S/C56H64ClF2N9O7/c1-6-40-43(58)14-9-33-21-37(69)22-41(46(33)40)48-47(59)49-42(24-60-48)51(67-25-35-12-13-36(26-67)62-35)65-54(64-49)75-30-56(17-18-56)29-66-19-15-39(16-20-66)74-28-45(71)63-50(55(3,4)5)53(73)68-27-38(70)23-44(68)52(72)61-31(2)32-7-10-34(57)11-8-32/h1,7-11,14,21-22,24,31,35-36,38-39,44,50,62,69-70H,12-13,15-20,23,25-30H2,2-5H3,(H,61,72)(H,63,71)/t31-,35?,36?,38+,44-,50+/m0/s1. The summed E-state index contributed by atoms with van der Waals surface area (Å²) >= 11 is 6.05. The zero-order valence-corrected chi connectivity index (χ0v) is 43.4. The molecule has 6 atom stereocenters. The van der Waals surface area contributed by atoms with E-state index < -0.39 is 53.0 Å². The van der Waals surface area contributed by atoms with Crippen molar-refractivity contribution >= 4 is 56.8 Å². The maximum Gasteiger partial charge on any atom is 0.319 e. The van der Waals surface area contributed by atoms with Crippen LogP contribution >= 0.6 is 11.6 Å². The number of nitrogens with zero attached hydrogens (tertiary/aromatic N) is 6. The molecule has 0 spiro atoms. The minimum absolute atomic E-state index is 0.0111. The molecule has 75 heavy (non-hydrogen) atoms. The molecule has 5 aliphatic rings. The number of likely N-dealkylation sites (tertiary alicyclic amines) is 2. The lowest BCUT2D eigenvalue weighted by molar-refractivity contribution is -0.145. The highest BCUT2D eigenvalue weighted by Gasteiger charge is 2.47. The fraction of sp³-hybridized carbons (Fsp3) is 0.500. The zero-order chi connectivity index (χ0) is 52.9. The number of nitrogens with one attached hydrogen (secondary N) is 3. The SMILES string of the molecule is C#Cc1c(F)ccc2cc(O)cc(-c3ncc4c(N5CC6CCC(C5)N6)nc(OCC5(CN6CCC(OCC(=O)N[C@H](C(=O)N7C[C@H](O)C[C@H]7C(=O)N[C@@H](C)c7ccc(Cl)cc7)C(C)(C)C)CC6)CC5)nc4c3F)c12. The number of carbonyl (C=O) groups excluding carboxylic acids is 3. The third kappa shape index (κ3) is 11.2. The molecule has 5 aromatic rings. The van der Waals surface area contributed by atoms with Gasteiger partial charge in [0.2, 0.25) is 17.7 Å². The van der Waals surface area contributed by atoms with E-state index in [1.165, 1.54) is 35.4 Å². The zero-order valence-electron chi connectivity index (χ0n) is 42.7. The number of rotatable bonds is 15. The number of aromatic nitrogens is 3. The van der Waals surface area contributed by atoms with Gasteiger partial charge in [0.1, 0.15) is 47.3 Å². The number of aliphatic hydroxyl groups excluding tert-OH is 1. The number of hydrogen-bond acceptors (Lipinski definition) is 13. The van der Waals surface area contributed by atoms with Crippen LogP contribution in [0.5, 0.6) is 11.8 Å². The number of piperazine rings is 1. The molecule has 3 aromatic carbocycles. The third-order valence-corrected chi connectivity index (χ3v) is 15.9. The topological polar surface area (TPSA) is 195 Å². The minimum atomic E-state index is -0.987. The largest absolute Gasteiger partial charge is 0.508 e. The molecule has 1 aliphatic carbocycles. The van der Waals surface area contributed by atoms with Crippen molar-refractivity contribution < 1.29 is 42.9 Å². The fourth-order valence-electron chi connectivity index (χ4n) is 11.3. The van der Waals surface area contributed by atoms with Crippen molar-refractivity contribution in [2.45, 2.75) is 115 Å². The molecule has 4 saturated heterocycles. The van der Waals surface area contributed by atoms with Crippen molar-refractivity contribution in [3.8, 4) is 35.4 Å². The molecule has 2 bridgehead atoms. The summed E-state index contributed by atoms with van der Waals surface area (Å²) in [6, 6.07) is 10.9. The number of amides is 3. The number of hydrogen-bond donors (Lipinski definition) is 5. The van der Waals surface area contributed by atoms with Gasteiger partial charge in [0, 0.05) is 85.4 Å². The number of phenols is 1. The second kappa shape index (κ2) is 21.1. The van der Waals surface area contributed by atoms with Gasteiger partial charge in [-0.2, -0.15) is 9.97 Å². The fourth-order valence-corrected chi connectivity index (χ4v) is 11.5. The highest BCUT2D eigenvalue weighted by Crippen LogP contribution is 2.47. The van der Waals surface area contributed by atoms with Gasteiger partial charge in [0.05, 0.1) is 35.8 Å². The molecule has 10 rings (SSSR count). The van der Waals surface area contributed by atoms with Crippen molar-refractivity contribution in [3.63, 3.8) is 0 Å². The predicted octanol–water partition coefficient (Wildman–Crippen LogP) is 6.41. The van der Waals surface area contributed by atoms with Crippen LogP contribution in [0.15, 0.2) is 54.7 Å². The maximum atomic E-state index is 17.2. The van der Waals surface area contributed by atoms with E-state index in [0.717, 1.165) is 50.9 Å². The number of piperidine rings is 1. The first-order valence-corrected chi connectivity index (χ1v) is 26.3. The van der Waals surface area contributed by atoms with E-state index in [1.54, 1.807) is 12.1 Å². The lowest BCUT2D eigenvalue weighted by Crippen LogP contribution is -2.58. The van der Waals surface area contributed by atoms with Crippen molar-refractivity contribution in [1.82, 2.24) is 40.7 Å². The summed E-state index contributed by atoms with van der Waals surface area (Å²) in [5, 5.41) is 32.5. The van der Waals surface area contributed by atoms with Crippen LogP contribution in [0.25, 0.3) is 32.9 Å². The number of anilines is 1. The molecule has 0 radical (unpaired) electrons. The Bertz CT molecular complexity index is 3040. The molecule has 3 amide bonds. The van der Waals surface area contributed by atoms with Crippen LogP contribution in [0, 0.1) is 34.8 Å². The van der Waals surface area contributed by atoms with Gasteiger partial charge in [0.15, 0.2) is 5.82 Å². The smallest absolute Gasteiger partial charge is 0.319 e. The summed E-state index contributed by atoms with van der Waals surface area (Å²) in [5.74, 6) is 0.0287. The average molecular weight is 1050 g/mol.